The van der Waals surface area contributed by atoms with Crippen LogP contribution in [-0.4, -0.2) is 28.4 Å². The third kappa shape index (κ3) is 2.41. The molecule has 1 aromatic heterocycles. The maximum Gasteiger partial charge on any atom is 0.419 e. The lowest BCUT2D eigenvalue weighted by Crippen LogP contribution is -2.23. The number of oxazole rings is 1. The van der Waals surface area contributed by atoms with Crippen molar-refractivity contribution in [3.8, 4) is 0 Å². The average molecular weight is 269 g/mol. The van der Waals surface area contributed by atoms with Crippen molar-refractivity contribution in [2.24, 2.45) is 7.05 Å². The predicted molar refractivity (Wildman–Crippen MR) is 69.0 cm³/mol. The molecule has 1 aromatic carbocycles. The Balaban J connectivity index is 2.20. The average Bonchev–Trinajstić information content (AvgIpc) is 2.61. The smallest absolute Gasteiger partial charge is 0.408 e. The number of aromatic nitrogens is 1. The van der Waals surface area contributed by atoms with E-state index in [-0.39, 0.29) is 5.76 Å². The zero-order chi connectivity index (χ0) is 13.3. The highest BCUT2D eigenvalue weighted by Crippen LogP contribution is 2.14. The number of likely N-dealkylation sites (N-methyl/N-ethyl adjacent to an activating group) is 1. The first-order chi connectivity index (χ1) is 8.49. The molecule has 0 aliphatic rings. The van der Waals surface area contributed by atoms with Crippen LogP contribution in [0.4, 0.5) is 4.79 Å². The monoisotopic (exact) mass is 268 g/mol. The van der Waals surface area contributed by atoms with Crippen LogP contribution < -0.4 is 5.76 Å². The third-order valence-corrected chi connectivity index (χ3v) is 3.18. The first-order valence-electron chi connectivity index (χ1n) is 5.48. The van der Waals surface area contributed by atoms with E-state index in [4.69, 9.17) is 16.0 Å². The van der Waals surface area contributed by atoms with Gasteiger partial charge in [0.15, 0.2) is 5.58 Å². The lowest BCUT2D eigenvalue weighted by atomic mass is 10.1. The molecule has 0 N–H and O–H groups in total. The van der Waals surface area contributed by atoms with Crippen molar-refractivity contribution in [1.29, 1.82) is 0 Å². The van der Waals surface area contributed by atoms with Gasteiger partial charge in [0.1, 0.15) is 0 Å². The van der Waals surface area contributed by atoms with Crippen LogP contribution in [-0.2, 0) is 13.5 Å². The molecular weight excluding hydrogens is 256 g/mol. The van der Waals surface area contributed by atoms with Crippen LogP contribution in [0.15, 0.2) is 27.4 Å². The standard InChI is InChI=1S/C12H13ClN2O3/c1-14(11(13)16)6-5-8-3-4-9-10(7-8)18-12(17)15(9)2/h3-4,7H,5-6H2,1-2H3. The van der Waals surface area contributed by atoms with Crippen LogP contribution in [0.5, 0.6) is 0 Å². The van der Waals surface area contributed by atoms with Crippen LogP contribution >= 0.6 is 11.6 Å². The molecule has 2 aromatic rings. The van der Waals surface area contributed by atoms with Crippen LogP contribution in [0.25, 0.3) is 11.1 Å². The van der Waals surface area contributed by atoms with Gasteiger partial charge in [0.05, 0.1) is 5.52 Å². The summed E-state index contributed by atoms with van der Waals surface area (Å²) in [6, 6.07) is 5.55. The van der Waals surface area contributed by atoms with Gasteiger partial charge in [-0.25, -0.2) is 4.79 Å². The molecule has 0 saturated carbocycles. The van der Waals surface area contributed by atoms with Gasteiger partial charge in [0.2, 0.25) is 0 Å². The molecule has 1 amide bonds. The first kappa shape index (κ1) is 12.7. The quantitative estimate of drug-likeness (QED) is 0.632. The molecule has 1 heterocycles. The number of aryl methyl sites for hydroxylation is 1. The molecule has 18 heavy (non-hydrogen) atoms. The second-order valence-electron chi connectivity index (χ2n) is 4.15. The van der Waals surface area contributed by atoms with E-state index >= 15 is 0 Å². The van der Waals surface area contributed by atoms with Gasteiger partial charge in [0.25, 0.3) is 0 Å². The number of nitrogens with zero attached hydrogens (tertiary/aromatic N) is 2. The Morgan fingerprint density at radius 2 is 2.22 bits per heavy atom. The van der Waals surface area contributed by atoms with E-state index in [2.05, 4.69) is 0 Å². The van der Waals surface area contributed by atoms with Crippen LogP contribution in [0.3, 0.4) is 0 Å². The minimum Gasteiger partial charge on any atom is -0.408 e. The summed E-state index contributed by atoms with van der Waals surface area (Å²) in [6.45, 7) is 0.519. The van der Waals surface area contributed by atoms with E-state index in [1.54, 1.807) is 14.1 Å². The number of carbonyl (C=O) groups is 1. The molecule has 0 spiro atoms. The molecule has 96 valence electrons. The number of carbonyl (C=O) groups excluding carboxylic acids is 1. The van der Waals surface area contributed by atoms with E-state index in [0.29, 0.717) is 18.5 Å². The fourth-order valence-electron chi connectivity index (χ4n) is 1.72. The molecule has 0 aliphatic heterocycles. The minimum atomic E-state index is -0.484. The highest BCUT2D eigenvalue weighted by Gasteiger charge is 2.08. The number of hydrogen-bond donors (Lipinski definition) is 0. The Labute approximate surface area is 109 Å². The van der Waals surface area contributed by atoms with Crippen molar-refractivity contribution < 1.29 is 9.21 Å². The van der Waals surface area contributed by atoms with Crippen LogP contribution in [0.1, 0.15) is 5.56 Å². The zero-order valence-electron chi connectivity index (χ0n) is 10.1. The molecule has 0 radical (unpaired) electrons. The van der Waals surface area contributed by atoms with Crippen molar-refractivity contribution >= 4 is 28.1 Å². The molecular formula is C12H13ClN2O3. The van der Waals surface area contributed by atoms with Crippen molar-refractivity contribution in [3.05, 3.63) is 34.3 Å². The zero-order valence-corrected chi connectivity index (χ0v) is 10.9. The molecule has 0 unspecified atom stereocenters. The van der Waals surface area contributed by atoms with Gasteiger partial charge >= 0.3 is 11.1 Å². The number of amides is 1. The molecule has 0 saturated heterocycles. The normalized spacial score (nSPS) is 10.8. The van der Waals surface area contributed by atoms with E-state index in [0.717, 1.165) is 11.1 Å². The second kappa shape index (κ2) is 4.86. The van der Waals surface area contributed by atoms with Crippen LogP contribution in [0, 0.1) is 0 Å². The molecule has 6 heteroatoms. The van der Waals surface area contributed by atoms with Crippen molar-refractivity contribution in [2.75, 3.05) is 13.6 Å². The lowest BCUT2D eigenvalue weighted by Gasteiger charge is -2.12. The topological polar surface area (TPSA) is 55.5 Å². The second-order valence-corrected chi connectivity index (χ2v) is 4.48. The van der Waals surface area contributed by atoms with E-state index in [1.807, 2.05) is 18.2 Å². The molecule has 2 rings (SSSR count). The fraction of sp³-hybridized carbons (Fsp3) is 0.333. The van der Waals surface area contributed by atoms with Gasteiger partial charge in [-0.2, -0.15) is 0 Å². The Morgan fingerprint density at radius 3 is 2.89 bits per heavy atom. The van der Waals surface area contributed by atoms with Gasteiger partial charge in [-0.15, -0.1) is 0 Å². The molecule has 0 bridgehead atoms. The van der Waals surface area contributed by atoms with Gasteiger partial charge in [0, 0.05) is 20.6 Å². The van der Waals surface area contributed by atoms with Gasteiger partial charge < -0.3 is 9.32 Å². The minimum absolute atomic E-state index is 0.379. The molecule has 0 atom stereocenters. The maximum absolute atomic E-state index is 11.3. The number of benzene rings is 1. The lowest BCUT2D eigenvalue weighted by molar-refractivity contribution is 0.232. The summed E-state index contributed by atoms with van der Waals surface area (Å²) in [7, 11) is 3.30. The number of fused-ring (bicyclic) bond motifs is 1. The SMILES string of the molecule is CN(CCc1ccc2c(c1)oc(=O)n2C)C(=O)Cl. The number of rotatable bonds is 3. The number of hydrogen-bond acceptors (Lipinski definition) is 3. The van der Waals surface area contributed by atoms with Gasteiger partial charge in [-0.05, 0) is 35.7 Å². The first-order valence-corrected chi connectivity index (χ1v) is 5.86. The van der Waals surface area contributed by atoms with Crippen molar-refractivity contribution in [3.63, 3.8) is 0 Å². The van der Waals surface area contributed by atoms with Crippen molar-refractivity contribution in [1.82, 2.24) is 9.47 Å². The predicted octanol–water partition coefficient (Wildman–Crippen LogP) is 1.96. The van der Waals surface area contributed by atoms with Crippen molar-refractivity contribution in [2.45, 2.75) is 6.42 Å². The molecule has 5 nitrogen and oxygen atoms in total. The highest BCUT2D eigenvalue weighted by molar-refractivity contribution is 6.62. The summed E-state index contributed by atoms with van der Waals surface area (Å²) >= 11 is 5.34. The molecule has 0 fully saturated rings. The van der Waals surface area contributed by atoms with Gasteiger partial charge in [-0.1, -0.05) is 6.07 Å². The Bertz CT molecular complexity index is 644. The van der Waals surface area contributed by atoms with Gasteiger partial charge in [-0.3, -0.25) is 9.36 Å². The summed E-state index contributed by atoms with van der Waals surface area (Å²) < 4.78 is 6.55. The Kier molecular flexibility index (Phi) is 3.43. The summed E-state index contributed by atoms with van der Waals surface area (Å²) in [5.41, 5.74) is 2.30. The Morgan fingerprint density at radius 1 is 1.50 bits per heavy atom. The number of halogens is 1. The summed E-state index contributed by atoms with van der Waals surface area (Å²) in [5.74, 6) is -0.379. The van der Waals surface area contributed by atoms with E-state index in [9.17, 15) is 9.59 Å². The van der Waals surface area contributed by atoms with E-state index in [1.165, 1.54) is 9.47 Å². The maximum atomic E-state index is 11.3. The fourth-order valence-corrected chi connectivity index (χ4v) is 1.80. The van der Waals surface area contributed by atoms with Crippen LogP contribution in [0.2, 0.25) is 0 Å². The highest BCUT2D eigenvalue weighted by atomic mass is 35.5. The molecule has 0 aliphatic carbocycles. The summed E-state index contributed by atoms with van der Waals surface area (Å²) in [6.07, 6.45) is 0.656. The largest absolute Gasteiger partial charge is 0.419 e. The van der Waals surface area contributed by atoms with E-state index < -0.39 is 5.37 Å². The summed E-state index contributed by atoms with van der Waals surface area (Å²) in [4.78, 5) is 23.6. The third-order valence-electron chi connectivity index (χ3n) is 2.89. The Hall–Kier alpha value is -1.75. The summed E-state index contributed by atoms with van der Waals surface area (Å²) in [5, 5.41) is -0.484.